The molecule has 0 aromatic heterocycles. The van der Waals surface area contributed by atoms with Crippen LogP contribution in [0.4, 0.5) is 4.39 Å². The second-order valence-corrected chi connectivity index (χ2v) is 9.27. The zero-order valence-electron chi connectivity index (χ0n) is 18.4. The summed E-state index contributed by atoms with van der Waals surface area (Å²) in [6.07, 6.45) is 2.34. The molecule has 0 fully saturated rings. The second-order valence-electron chi connectivity index (χ2n) is 7.45. The lowest BCUT2D eigenvalue weighted by Crippen LogP contribution is -2.49. The highest BCUT2D eigenvalue weighted by Gasteiger charge is 2.28. The summed E-state index contributed by atoms with van der Waals surface area (Å²) in [5.74, 6) is 0.0836. The van der Waals surface area contributed by atoms with Crippen LogP contribution in [0.5, 0.6) is 0 Å². The fraction of sp³-hybridized carbons (Fsp3) is 0.417. The standard InChI is InChI=1S/C24H29Cl2FN2O2S/c1-3-5-12-28-24(31)22(4-2)29(14-17-6-10-20(27)11-7-17)23(30)16-32-15-18-8-9-19(25)13-21(18)26/h6-11,13,22H,3-5,12,14-16H2,1-2H3,(H,28,31)/t22-/m0/s1. The Morgan fingerprint density at radius 2 is 1.84 bits per heavy atom. The third-order valence-corrected chi connectivity index (χ3v) is 6.53. The topological polar surface area (TPSA) is 49.4 Å². The molecular weight excluding hydrogens is 470 g/mol. The van der Waals surface area contributed by atoms with Crippen LogP contribution in [-0.4, -0.2) is 35.1 Å². The summed E-state index contributed by atoms with van der Waals surface area (Å²) in [7, 11) is 0. The summed E-state index contributed by atoms with van der Waals surface area (Å²) in [6, 6.07) is 10.7. The normalized spacial score (nSPS) is 11.8. The first-order chi connectivity index (χ1) is 15.3. The first kappa shape index (κ1) is 26.5. The van der Waals surface area contributed by atoms with E-state index in [1.807, 2.05) is 13.0 Å². The van der Waals surface area contributed by atoms with E-state index in [1.54, 1.807) is 29.2 Å². The molecular formula is C24H29Cl2FN2O2S. The molecule has 2 amide bonds. The average Bonchev–Trinajstić information content (AvgIpc) is 2.76. The number of rotatable bonds is 12. The second kappa shape index (κ2) is 13.7. The molecule has 0 aliphatic rings. The predicted molar refractivity (Wildman–Crippen MR) is 132 cm³/mol. The highest BCUT2D eigenvalue weighted by atomic mass is 35.5. The number of nitrogens with one attached hydrogen (secondary N) is 1. The molecule has 1 N–H and O–H groups in total. The maximum absolute atomic E-state index is 13.3. The number of benzene rings is 2. The molecule has 0 spiro atoms. The summed E-state index contributed by atoms with van der Waals surface area (Å²) in [6.45, 7) is 4.75. The van der Waals surface area contributed by atoms with E-state index in [9.17, 15) is 14.0 Å². The summed E-state index contributed by atoms with van der Waals surface area (Å²) in [4.78, 5) is 27.6. The van der Waals surface area contributed by atoms with Crippen LogP contribution in [0.3, 0.4) is 0 Å². The molecule has 4 nitrogen and oxygen atoms in total. The van der Waals surface area contributed by atoms with Gasteiger partial charge in [-0.2, -0.15) is 0 Å². The third kappa shape index (κ3) is 8.30. The molecule has 174 valence electrons. The number of unbranched alkanes of at least 4 members (excludes halogenated alkanes) is 1. The molecule has 2 aromatic rings. The summed E-state index contributed by atoms with van der Waals surface area (Å²) in [5.41, 5.74) is 1.66. The van der Waals surface area contributed by atoms with E-state index < -0.39 is 6.04 Å². The van der Waals surface area contributed by atoms with Gasteiger partial charge in [0.15, 0.2) is 0 Å². The van der Waals surface area contributed by atoms with Crippen molar-refractivity contribution in [2.45, 2.75) is 51.4 Å². The van der Waals surface area contributed by atoms with Crippen LogP contribution in [0.1, 0.15) is 44.2 Å². The molecule has 2 aromatic carbocycles. The maximum Gasteiger partial charge on any atom is 0.242 e. The van der Waals surface area contributed by atoms with Crippen molar-refractivity contribution >= 4 is 46.8 Å². The van der Waals surface area contributed by atoms with Crippen LogP contribution in [-0.2, 0) is 21.9 Å². The van der Waals surface area contributed by atoms with E-state index >= 15 is 0 Å². The Balaban J connectivity index is 2.11. The van der Waals surface area contributed by atoms with Crippen molar-refractivity contribution in [2.24, 2.45) is 0 Å². The van der Waals surface area contributed by atoms with Gasteiger partial charge in [-0.05, 0) is 48.2 Å². The number of thioether (sulfide) groups is 1. The van der Waals surface area contributed by atoms with Crippen LogP contribution in [0.25, 0.3) is 0 Å². The van der Waals surface area contributed by atoms with Gasteiger partial charge in [0.25, 0.3) is 0 Å². The summed E-state index contributed by atoms with van der Waals surface area (Å²) >= 11 is 13.6. The molecule has 0 saturated carbocycles. The molecule has 0 radical (unpaired) electrons. The lowest BCUT2D eigenvalue weighted by Gasteiger charge is -2.30. The molecule has 32 heavy (non-hydrogen) atoms. The van der Waals surface area contributed by atoms with E-state index in [4.69, 9.17) is 23.2 Å². The lowest BCUT2D eigenvalue weighted by atomic mass is 10.1. The molecule has 0 bridgehead atoms. The molecule has 1 atom stereocenters. The average molecular weight is 499 g/mol. The SMILES string of the molecule is CCCCNC(=O)[C@H](CC)N(Cc1ccc(F)cc1)C(=O)CSCc1ccc(Cl)cc1Cl. The van der Waals surface area contributed by atoms with Crippen LogP contribution in [0.15, 0.2) is 42.5 Å². The minimum atomic E-state index is -0.593. The number of nitrogens with zero attached hydrogens (tertiary/aromatic N) is 1. The largest absolute Gasteiger partial charge is 0.354 e. The van der Waals surface area contributed by atoms with Gasteiger partial charge >= 0.3 is 0 Å². The Morgan fingerprint density at radius 1 is 1.12 bits per heavy atom. The fourth-order valence-electron chi connectivity index (χ4n) is 3.18. The summed E-state index contributed by atoms with van der Waals surface area (Å²) in [5, 5.41) is 4.05. The zero-order chi connectivity index (χ0) is 23.5. The molecule has 0 heterocycles. The number of hydrogen-bond donors (Lipinski definition) is 1. The molecule has 0 unspecified atom stereocenters. The minimum Gasteiger partial charge on any atom is -0.354 e. The van der Waals surface area contributed by atoms with Crippen molar-refractivity contribution < 1.29 is 14.0 Å². The van der Waals surface area contributed by atoms with Crippen molar-refractivity contribution in [2.75, 3.05) is 12.3 Å². The number of halogens is 3. The maximum atomic E-state index is 13.3. The van der Waals surface area contributed by atoms with Gasteiger partial charge in [0, 0.05) is 28.9 Å². The first-order valence-electron chi connectivity index (χ1n) is 10.7. The third-order valence-electron chi connectivity index (χ3n) is 4.98. The number of hydrogen-bond acceptors (Lipinski definition) is 3. The predicted octanol–water partition coefficient (Wildman–Crippen LogP) is 6.09. The van der Waals surface area contributed by atoms with E-state index in [1.165, 1.54) is 23.9 Å². The van der Waals surface area contributed by atoms with E-state index in [0.717, 1.165) is 24.0 Å². The highest BCUT2D eigenvalue weighted by molar-refractivity contribution is 7.99. The Kier molecular flexibility index (Phi) is 11.4. The van der Waals surface area contributed by atoms with Gasteiger partial charge in [0.2, 0.25) is 11.8 Å². The van der Waals surface area contributed by atoms with Crippen LogP contribution in [0, 0.1) is 5.82 Å². The van der Waals surface area contributed by atoms with Crippen LogP contribution >= 0.6 is 35.0 Å². The Bertz CT molecular complexity index is 896. The van der Waals surface area contributed by atoms with Crippen molar-refractivity contribution in [3.05, 3.63) is 69.5 Å². The monoisotopic (exact) mass is 498 g/mol. The Labute approximate surface area is 203 Å². The minimum absolute atomic E-state index is 0.151. The van der Waals surface area contributed by atoms with Gasteiger partial charge in [0.1, 0.15) is 11.9 Å². The van der Waals surface area contributed by atoms with E-state index in [-0.39, 0.29) is 29.9 Å². The Hall–Kier alpha value is -1.76. The van der Waals surface area contributed by atoms with Crippen LogP contribution < -0.4 is 5.32 Å². The molecule has 0 aliphatic carbocycles. The van der Waals surface area contributed by atoms with Crippen LogP contribution in [0.2, 0.25) is 10.0 Å². The van der Waals surface area contributed by atoms with Gasteiger partial charge < -0.3 is 10.2 Å². The van der Waals surface area contributed by atoms with E-state index in [0.29, 0.717) is 28.8 Å². The van der Waals surface area contributed by atoms with E-state index in [2.05, 4.69) is 12.2 Å². The summed E-state index contributed by atoms with van der Waals surface area (Å²) < 4.78 is 13.3. The van der Waals surface area contributed by atoms with Gasteiger partial charge in [-0.3, -0.25) is 9.59 Å². The molecule has 0 saturated heterocycles. The number of carbonyl (C=O) groups is 2. The number of amides is 2. The Morgan fingerprint density at radius 3 is 2.47 bits per heavy atom. The van der Waals surface area contributed by atoms with Gasteiger partial charge in [0.05, 0.1) is 5.75 Å². The molecule has 8 heteroatoms. The highest BCUT2D eigenvalue weighted by Crippen LogP contribution is 2.25. The van der Waals surface area contributed by atoms with Crippen molar-refractivity contribution in [1.29, 1.82) is 0 Å². The molecule has 0 aliphatic heterocycles. The van der Waals surface area contributed by atoms with Crippen molar-refractivity contribution in [3.8, 4) is 0 Å². The zero-order valence-corrected chi connectivity index (χ0v) is 20.7. The quantitative estimate of drug-likeness (QED) is 0.360. The van der Waals surface area contributed by atoms with Crippen molar-refractivity contribution in [1.82, 2.24) is 10.2 Å². The number of carbonyl (C=O) groups excluding carboxylic acids is 2. The van der Waals surface area contributed by atoms with Gasteiger partial charge in [-0.25, -0.2) is 4.39 Å². The van der Waals surface area contributed by atoms with Gasteiger partial charge in [-0.1, -0.05) is 61.7 Å². The van der Waals surface area contributed by atoms with Gasteiger partial charge in [-0.15, -0.1) is 11.8 Å². The molecule has 2 rings (SSSR count). The smallest absolute Gasteiger partial charge is 0.242 e. The first-order valence-corrected chi connectivity index (χ1v) is 12.6. The fourth-order valence-corrected chi connectivity index (χ4v) is 4.65. The lowest BCUT2D eigenvalue weighted by molar-refractivity contribution is -0.139. The van der Waals surface area contributed by atoms with Crippen molar-refractivity contribution in [3.63, 3.8) is 0 Å².